The fourth-order valence-corrected chi connectivity index (χ4v) is 1.61. The van der Waals surface area contributed by atoms with Crippen LogP contribution in [-0.4, -0.2) is 23.5 Å². The van der Waals surface area contributed by atoms with Gasteiger partial charge in [0.2, 0.25) is 5.91 Å². The molecule has 0 aliphatic rings. The fraction of sp³-hybridized carbons (Fsp3) is 0.429. The minimum absolute atomic E-state index is 0.144. The highest BCUT2D eigenvalue weighted by molar-refractivity contribution is 5.78. The van der Waals surface area contributed by atoms with E-state index in [9.17, 15) is 14.0 Å². The van der Waals surface area contributed by atoms with E-state index in [1.807, 2.05) is 0 Å². The lowest BCUT2D eigenvalue weighted by molar-refractivity contribution is -0.141. The number of amides is 1. The summed E-state index contributed by atoms with van der Waals surface area (Å²) in [6.45, 7) is 2.10. The Kier molecular flexibility index (Phi) is 5.99. The zero-order valence-corrected chi connectivity index (χ0v) is 10.9. The summed E-state index contributed by atoms with van der Waals surface area (Å²) in [6, 6.07) is 5.77. The number of nitrogens with one attached hydrogen (secondary N) is 1. The molecular weight excluding hydrogens is 249 g/mol. The number of carbonyl (C=O) groups excluding carboxylic acids is 1. The Morgan fingerprint density at radius 2 is 1.95 bits per heavy atom. The second-order valence-corrected chi connectivity index (χ2v) is 4.53. The third-order valence-corrected chi connectivity index (χ3v) is 2.84. The van der Waals surface area contributed by atoms with Gasteiger partial charge in [0.1, 0.15) is 5.82 Å². The van der Waals surface area contributed by atoms with Gasteiger partial charge in [0.25, 0.3) is 0 Å². The zero-order valence-electron chi connectivity index (χ0n) is 10.9. The average Bonchev–Trinajstić information content (AvgIpc) is 2.37. The van der Waals surface area contributed by atoms with E-state index in [0.29, 0.717) is 19.4 Å². The Balaban J connectivity index is 2.21. The highest BCUT2D eigenvalue weighted by Gasteiger charge is 2.10. The van der Waals surface area contributed by atoms with Crippen LogP contribution >= 0.6 is 0 Å². The number of carbonyl (C=O) groups is 2. The molecule has 1 atom stereocenters. The van der Waals surface area contributed by atoms with Crippen LogP contribution in [0.3, 0.4) is 0 Å². The van der Waals surface area contributed by atoms with Gasteiger partial charge in [0.05, 0.1) is 12.3 Å². The first-order valence-corrected chi connectivity index (χ1v) is 6.23. The molecular formula is C14H18FNO3. The van der Waals surface area contributed by atoms with Gasteiger partial charge in [-0.15, -0.1) is 0 Å². The number of carboxylic acid groups (broad SMARTS) is 1. The second-order valence-electron chi connectivity index (χ2n) is 4.53. The molecule has 0 aromatic heterocycles. The summed E-state index contributed by atoms with van der Waals surface area (Å²) < 4.78 is 12.7. The predicted molar refractivity (Wildman–Crippen MR) is 69.1 cm³/mol. The maximum absolute atomic E-state index is 12.7. The Morgan fingerprint density at radius 3 is 2.53 bits per heavy atom. The Morgan fingerprint density at radius 1 is 1.32 bits per heavy atom. The average molecular weight is 267 g/mol. The molecule has 2 N–H and O–H groups in total. The Labute approximate surface area is 111 Å². The van der Waals surface area contributed by atoms with E-state index in [0.717, 1.165) is 5.56 Å². The Hall–Kier alpha value is -1.91. The molecule has 4 nitrogen and oxygen atoms in total. The van der Waals surface area contributed by atoms with Crippen LogP contribution in [-0.2, 0) is 16.0 Å². The Bertz CT molecular complexity index is 431. The molecule has 1 aromatic rings. The summed E-state index contributed by atoms with van der Waals surface area (Å²) in [5.74, 6) is -1.69. The monoisotopic (exact) mass is 267 g/mol. The van der Waals surface area contributed by atoms with Gasteiger partial charge in [-0.05, 0) is 30.5 Å². The van der Waals surface area contributed by atoms with Crippen molar-refractivity contribution in [3.05, 3.63) is 35.6 Å². The molecule has 0 saturated carbocycles. The van der Waals surface area contributed by atoms with Crippen LogP contribution in [0.2, 0.25) is 0 Å². The molecule has 19 heavy (non-hydrogen) atoms. The second kappa shape index (κ2) is 7.51. The van der Waals surface area contributed by atoms with E-state index in [4.69, 9.17) is 5.11 Å². The molecule has 0 radical (unpaired) electrons. The quantitative estimate of drug-likeness (QED) is 0.742. The first-order valence-electron chi connectivity index (χ1n) is 6.23. The van der Waals surface area contributed by atoms with E-state index < -0.39 is 11.9 Å². The first kappa shape index (κ1) is 15.1. The molecule has 1 aromatic carbocycles. The lowest BCUT2D eigenvalue weighted by atomic mass is 10.1. The zero-order chi connectivity index (χ0) is 14.3. The molecule has 1 amide bonds. The van der Waals surface area contributed by atoms with Crippen LogP contribution in [0.1, 0.15) is 25.3 Å². The van der Waals surface area contributed by atoms with Crippen LogP contribution < -0.4 is 5.32 Å². The fourth-order valence-electron chi connectivity index (χ4n) is 1.61. The molecule has 1 rings (SSSR count). The van der Waals surface area contributed by atoms with Crippen molar-refractivity contribution in [3.8, 4) is 0 Å². The van der Waals surface area contributed by atoms with Crippen molar-refractivity contribution in [2.45, 2.75) is 26.2 Å². The van der Waals surface area contributed by atoms with Crippen LogP contribution in [0.5, 0.6) is 0 Å². The van der Waals surface area contributed by atoms with E-state index in [-0.39, 0.29) is 18.1 Å². The number of halogens is 1. The smallest absolute Gasteiger partial charge is 0.306 e. The van der Waals surface area contributed by atoms with Crippen LogP contribution in [0.15, 0.2) is 24.3 Å². The number of hydrogen-bond acceptors (Lipinski definition) is 2. The summed E-state index contributed by atoms with van der Waals surface area (Å²) in [5.41, 5.74) is 0.748. The minimum atomic E-state index is -0.822. The van der Waals surface area contributed by atoms with Gasteiger partial charge in [-0.2, -0.15) is 0 Å². The maximum atomic E-state index is 12.7. The topological polar surface area (TPSA) is 66.4 Å². The predicted octanol–water partition coefficient (Wildman–Crippen LogP) is 1.99. The van der Waals surface area contributed by atoms with E-state index in [1.165, 1.54) is 12.1 Å². The molecule has 1 unspecified atom stereocenters. The normalized spacial score (nSPS) is 11.9. The molecule has 0 aliphatic heterocycles. The molecule has 0 aliphatic carbocycles. The van der Waals surface area contributed by atoms with Crippen molar-refractivity contribution >= 4 is 11.9 Å². The largest absolute Gasteiger partial charge is 0.481 e. The third-order valence-electron chi connectivity index (χ3n) is 2.84. The van der Waals surface area contributed by atoms with Crippen molar-refractivity contribution in [2.75, 3.05) is 6.54 Å². The summed E-state index contributed by atoms with van der Waals surface area (Å²) in [6.07, 6.45) is 1.36. The van der Waals surface area contributed by atoms with Crippen molar-refractivity contribution in [2.24, 2.45) is 5.92 Å². The minimum Gasteiger partial charge on any atom is -0.481 e. The SMILES string of the molecule is CC(CCCNC(=O)Cc1ccc(F)cc1)C(=O)O. The van der Waals surface area contributed by atoms with Gasteiger partial charge in [0, 0.05) is 6.54 Å². The van der Waals surface area contributed by atoms with E-state index in [2.05, 4.69) is 5.32 Å². The van der Waals surface area contributed by atoms with Gasteiger partial charge in [-0.3, -0.25) is 9.59 Å². The molecule has 0 bridgehead atoms. The number of aliphatic carboxylic acids is 1. The highest BCUT2D eigenvalue weighted by Crippen LogP contribution is 2.05. The van der Waals surface area contributed by atoms with Gasteiger partial charge in [-0.25, -0.2) is 4.39 Å². The number of benzene rings is 1. The number of carboxylic acids is 1. The molecule has 104 valence electrons. The maximum Gasteiger partial charge on any atom is 0.306 e. The van der Waals surface area contributed by atoms with Crippen molar-refractivity contribution in [1.29, 1.82) is 0 Å². The first-order chi connectivity index (χ1) is 8.99. The van der Waals surface area contributed by atoms with Crippen molar-refractivity contribution in [1.82, 2.24) is 5.32 Å². The lowest BCUT2D eigenvalue weighted by Gasteiger charge is -2.07. The van der Waals surface area contributed by atoms with Crippen LogP contribution in [0, 0.1) is 11.7 Å². The van der Waals surface area contributed by atoms with Gasteiger partial charge < -0.3 is 10.4 Å². The highest BCUT2D eigenvalue weighted by atomic mass is 19.1. The number of hydrogen-bond donors (Lipinski definition) is 2. The van der Waals surface area contributed by atoms with Crippen LogP contribution in [0.25, 0.3) is 0 Å². The van der Waals surface area contributed by atoms with Gasteiger partial charge in [0.15, 0.2) is 0 Å². The molecule has 0 fully saturated rings. The van der Waals surface area contributed by atoms with Crippen molar-refractivity contribution in [3.63, 3.8) is 0 Å². The van der Waals surface area contributed by atoms with E-state index >= 15 is 0 Å². The summed E-state index contributed by atoms with van der Waals surface area (Å²) in [4.78, 5) is 22.1. The summed E-state index contributed by atoms with van der Waals surface area (Å²) in [5, 5.41) is 11.4. The molecule has 0 heterocycles. The van der Waals surface area contributed by atoms with Crippen molar-refractivity contribution < 1.29 is 19.1 Å². The lowest BCUT2D eigenvalue weighted by Crippen LogP contribution is -2.26. The van der Waals surface area contributed by atoms with E-state index in [1.54, 1.807) is 19.1 Å². The number of rotatable bonds is 7. The third kappa shape index (κ3) is 5.99. The van der Waals surface area contributed by atoms with Gasteiger partial charge >= 0.3 is 5.97 Å². The standard InChI is InChI=1S/C14H18FNO3/c1-10(14(18)19)3-2-8-16-13(17)9-11-4-6-12(15)7-5-11/h4-7,10H,2-3,8-9H2,1H3,(H,16,17)(H,18,19). The molecule has 0 saturated heterocycles. The summed E-state index contributed by atoms with van der Waals surface area (Å²) in [7, 11) is 0. The van der Waals surface area contributed by atoms with Crippen LogP contribution in [0.4, 0.5) is 4.39 Å². The molecule has 0 spiro atoms. The molecule has 5 heteroatoms. The summed E-state index contributed by atoms with van der Waals surface area (Å²) >= 11 is 0. The van der Waals surface area contributed by atoms with Gasteiger partial charge in [-0.1, -0.05) is 19.1 Å².